The second-order valence-corrected chi connectivity index (χ2v) is 5.23. The Kier molecular flexibility index (Phi) is 3.08. The predicted octanol–water partition coefficient (Wildman–Crippen LogP) is 2.32. The van der Waals surface area contributed by atoms with Crippen molar-refractivity contribution in [2.24, 2.45) is 11.1 Å². The lowest BCUT2D eigenvalue weighted by Gasteiger charge is -2.48. The zero-order valence-corrected chi connectivity index (χ0v) is 10.5. The maximum absolute atomic E-state index is 5.98. The van der Waals surface area contributed by atoms with E-state index in [9.17, 15) is 0 Å². The van der Waals surface area contributed by atoms with Crippen LogP contribution in [0.1, 0.15) is 36.8 Å². The summed E-state index contributed by atoms with van der Waals surface area (Å²) in [7, 11) is 4.22. The lowest BCUT2D eigenvalue weighted by Crippen LogP contribution is -2.47. The van der Waals surface area contributed by atoms with Crippen LogP contribution in [0.5, 0.6) is 0 Å². The van der Waals surface area contributed by atoms with Gasteiger partial charge in [0.05, 0.1) is 6.04 Å². The molecule has 1 aromatic heterocycles. The molecule has 0 radical (unpaired) electrons. The summed E-state index contributed by atoms with van der Waals surface area (Å²) in [5.41, 5.74) is 6.21. The van der Waals surface area contributed by atoms with Crippen molar-refractivity contribution in [1.29, 1.82) is 0 Å². The maximum atomic E-state index is 5.98. The molecule has 16 heavy (non-hydrogen) atoms. The summed E-state index contributed by atoms with van der Waals surface area (Å²) >= 11 is 0. The van der Waals surface area contributed by atoms with Crippen LogP contribution in [-0.4, -0.2) is 25.5 Å². The average Bonchev–Trinajstić information content (AvgIpc) is 2.57. The molecular weight excluding hydrogens is 200 g/mol. The van der Waals surface area contributed by atoms with Gasteiger partial charge in [-0.25, -0.2) is 0 Å². The summed E-state index contributed by atoms with van der Waals surface area (Å²) in [6.07, 6.45) is 3.72. The minimum atomic E-state index is 0.230. The second-order valence-electron chi connectivity index (χ2n) is 5.23. The van der Waals surface area contributed by atoms with Gasteiger partial charge >= 0.3 is 0 Å². The molecule has 1 aliphatic carbocycles. The third-order valence-electron chi connectivity index (χ3n) is 3.88. The molecule has 3 heteroatoms. The number of nitrogens with two attached hydrogens (primary N) is 1. The Labute approximate surface area is 97.6 Å². The summed E-state index contributed by atoms with van der Waals surface area (Å²) in [5.74, 6) is 2.04. The topological polar surface area (TPSA) is 42.4 Å². The normalized spacial score (nSPS) is 20.8. The lowest BCUT2D eigenvalue weighted by atomic mass is 9.63. The molecule has 1 aliphatic rings. The highest BCUT2D eigenvalue weighted by Gasteiger charge is 2.46. The quantitative estimate of drug-likeness (QED) is 0.850. The highest BCUT2D eigenvalue weighted by atomic mass is 16.3. The molecular formula is C13H22N2O. The average molecular weight is 222 g/mol. The largest absolute Gasteiger partial charge is 0.465 e. The van der Waals surface area contributed by atoms with E-state index in [2.05, 4.69) is 25.1 Å². The van der Waals surface area contributed by atoms with Gasteiger partial charge in [-0.1, -0.05) is 6.42 Å². The molecule has 1 atom stereocenters. The smallest absolute Gasteiger partial charge is 0.121 e. The van der Waals surface area contributed by atoms with Crippen LogP contribution in [0.2, 0.25) is 0 Å². The van der Waals surface area contributed by atoms with Crippen molar-refractivity contribution in [3.63, 3.8) is 0 Å². The van der Waals surface area contributed by atoms with Gasteiger partial charge in [0, 0.05) is 5.41 Å². The number of hydrogen-bond acceptors (Lipinski definition) is 3. The van der Waals surface area contributed by atoms with Crippen LogP contribution in [0.25, 0.3) is 0 Å². The SMILES string of the molecule is Cc1ccc(C(N(C)C)C2(CN)CCC2)o1. The fourth-order valence-corrected chi connectivity index (χ4v) is 2.92. The molecule has 1 unspecified atom stereocenters. The number of nitrogens with zero attached hydrogens (tertiary/aromatic N) is 1. The minimum Gasteiger partial charge on any atom is -0.465 e. The molecule has 0 aliphatic heterocycles. The van der Waals surface area contributed by atoms with Crippen LogP contribution in [0.4, 0.5) is 0 Å². The Morgan fingerprint density at radius 1 is 1.44 bits per heavy atom. The number of aryl methyl sites for hydroxylation is 1. The summed E-state index contributed by atoms with van der Waals surface area (Å²) in [5, 5.41) is 0. The van der Waals surface area contributed by atoms with Crippen molar-refractivity contribution < 1.29 is 4.42 Å². The van der Waals surface area contributed by atoms with Crippen molar-refractivity contribution in [1.82, 2.24) is 4.90 Å². The maximum Gasteiger partial charge on any atom is 0.121 e. The van der Waals surface area contributed by atoms with Gasteiger partial charge in [-0.15, -0.1) is 0 Å². The first kappa shape index (κ1) is 11.7. The molecule has 1 fully saturated rings. The van der Waals surface area contributed by atoms with E-state index in [1.807, 2.05) is 13.0 Å². The van der Waals surface area contributed by atoms with E-state index in [4.69, 9.17) is 10.2 Å². The Bertz CT molecular complexity index is 347. The molecule has 0 aromatic carbocycles. The predicted molar refractivity (Wildman–Crippen MR) is 65.2 cm³/mol. The zero-order valence-electron chi connectivity index (χ0n) is 10.5. The van der Waals surface area contributed by atoms with Crippen molar-refractivity contribution >= 4 is 0 Å². The minimum absolute atomic E-state index is 0.230. The zero-order chi connectivity index (χ0) is 11.8. The van der Waals surface area contributed by atoms with E-state index in [1.165, 1.54) is 19.3 Å². The molecule has 1 saturated carbocycles. The molecule has 1 aromatic rings. The Balaban J connectivity index is 2.30. The van der Waals surface area contributed by atoms with Crippen molar-refractivity contribution in [3.8, 4) is 0 Å². The Hall–Kier alpha value is -0.800. The van der Waals surface area contributed by atoms with Gasteiger partial charge in [0.25, 0.3) is 0 Å². The van der Waals surface area contributed by atoms with Crippen LogP contribution in [0, 0.1) is 12.3 Å². The standard InChI is InChI=1S/C13H22N2O/c1-10-5-6-11(16-10)12(15(2)3)13(9-14)7-4-8-13/h5-6,12H,4,7-9,14H2,1-3H3. The fraction of sp³-hybridized carbons (Fsp3) is 0.692. The first-order valence-electron chi connectivity index (χ1n) is 6.02. The molecule has 3 nitrogen and oxygen atoms in total. The van der Waals surface area contributed by atoms with Crippen LogP contribution in [-0.2, 0) is 0 Å². The van der Waals surface area contributed by atoms with Gasteiger partial charge in [-0.2, -0.15) is 0 Å². The molecule has 0 spiro atoms. The summed E-state index contributed by atoms with van der Waals surface area (Å²) in [6, 6.07) is 4.45. The molecule has 2 N–H and O–H groups in total. The number of rotatable bonds is 4. The van der Waals surface area contributed by atoms with E-state index in [-0.39, 0.29) is 5.41 Å². The van der Waals surface area contributed by atoms with E-state index >= 15 is 0 Å². The van der Waals surface area contributed by atoms with Crippen LogP contribution in [0.15, 0.2) is 16.5 Å². The molecule has 0 amide bonds. The molecule has 0 bridgehead atoms. The van der Waals surface area contributed by atoms with Crippen LogP contribution < -0.4 is 5.73 Å². The van der Waals surface area contributed by atoms with Crippen molar-refractivity contribution in [2.75, 3.05) is 20.6 Å². The van der Waals surface area contributed by atoms with Gasteiger partial charge in [-0.3, -0.25) is 4.90 Å². The van der Waals surface area contributed by atoms with Crippen molar-refractivity contribution in [2.45, 2.75) is 32.2 Å². The van der Waals surface area contributed by atoms with Crippen LogP contribution in [0.3, 0.4) is 0 Å². The highest BCUT2D eigenvalue weighted by Crippen LogP contribution is 2.51. The van der Waals surface area contributed by atoms with E-state index in [0.29, 0.717) is 6.04 Å². The fourth-order valence-electron chi connectivity index (χ4n) is 2.92. The molecule has 0 saturated heterocycles. The summed E-state index contributed by atoms with van der Waals surface area (Å²) in [6.45, 7) is 2.74. The van der Waals surface area contributed by atoms with E-state index in [0.717, 1.165) is 18.1 Å². The van der Waals surface area contributed by atoms with Gasteiger partial charge in [0.1, 0.15) is 11.5 Å². The van der Waals surface area contributed by atoms with Gasteiger partial charge in [0.2, 0.25) is 0 Å². The van der Waals surface area contributed by atoms with Crippen LogP contribution >= 0.6 is 0 Å². The third-order valence-corrected chi connectivity index (χ3v) is 3.88. The summed E-state index contributed by atoms with van der Waals surface area (Å²) in [4.78, 5) is 2.24. The summed E-state index contributed by atoms with van der Waals surface area (Å²) < 4.78 is 5.79. The first-order valence-corrected chi connectivity index (χ1v) is 6.02. The van der Waals surface area contributed by atoms with Gasteiger partial charge in [-0.05, 0) is 52.5 Å². The number of furan rings is 1. The Morgan fingerprint density at radius 2 is 2.12 bits per heavy atom. The Morgan fingerprint density at radius 3 is 2.44 bits per heavy atom. The molecule has 2 rings (SSSR count). The highest BCUT2D eigenvalue weighted by molar-refractivity contribution is 5.15. The number of hydrogen-bond donors (Lipinski definition) is 1. The van der Waals surface area contributed by atoms with E-state index < -0.39 is 0 Å². The molecule has 90 valence electrons. The van der Waals surface area contributed by atoms with Gasteiger partial charge < -0.3 is 10.2 Å². The monoisotopic (exact) mass is 222 g/mol. The molecule has 1 heterocycles. The second kappa shape index (κ2) is 4.22. The third kappa shape index (κ3) is 1.78. The first-order chi connectivity index (χ1) is 7.59. The van der Waals surface area contributed by atoms with Gasteiger partial charge in [0.15, 0.2) is 0 Å². The van der Waals surface area contributed by atoms with E-state index in [1.54, 1.807) is 0 Å². The lowest BCUT2D eigenvalue weighted by molar-refractivity contribution is 0.0156. The van der Waals surface area contributed by atoms with Crippen molar-refractivity contribution in [3.05, 3.63) is 23.7 Å².